The van der Waals surface area contributed by atoms with Crippen molar-refractivity contribution in [2.24, 2.45) is 5.92 Å². The van der Waals surface area contributed by atoms with Crippen LogP contribution in [0.1, 0.15) is 117 Å². The van der Waals surface area contributed by atoms with Gasteiger partial charge in [-0.3, -0.25) is 4.18 Å². The normalized spacial score (nSPS) is 12.8. The molecule has 0 bridgehead atoms. The molecule has 4 heteroatoms. The zero-order chi connectivity index (χ0) is 17.9. The van der Waals surface area contributed by atoms with Gasteiger partial charge in [0, 0.05) is 0 Å². The van der Waals surface area contributed by atoms with Crippen LogP contribution in [0.25, 0.3) is 0 Å². The first-order chi connectivity index (χ1) is 11.7. The minimum atomic E-state index is -2.68. The maximum atomic E-state index is 10.4. The Hall–Kier alpha value is -0.0900. The van der Waals surface area contributed by atoms with Crippen molar-refractivity contribution in [3.05, 3.63) is 0 Å². The molecule has 0 heterocycles. The van der Waals surface area contributed by atoms with Crippen LogP contribution in [-0.2, 0) is 15.2 Å². The molecule has 0 aromatic heterocycles. The molecule has 0 aliphatic heterocycles. The topological polar surface area (TPSA) is 43.4 Å². The van der Waals surface area contributed by atoms with Gasteiger partial charge in [0.15, 0.2) is 0 Å². The Morgan fingerprint density at radius 1 is 0.667 bits per heavy atom. The highest BCUT2D eigenvalue weighted by atomic mass is 32.2. The van der Waals surface area contributed by atoms with E-state index in [-0.39, 0.29) is 0 Å². The number of unbranched alkanes of at least 4 members (excludes halogenated alkanes) is 13. The Kier molecular flexibility index (Phi) is 19.2. The summed E-state index contributed by atoms with van der Waals surface area (Å²) in [5, 5.41) is 0. The molecule has 3 nitrogen and oxygen atoms in total. The summed E-state index contributed by atoms with van der Waals surface area (Å²) in [6.45, 7) is 4.75. The Balaban J connectivity index is 3.21. The Morgan fingerprint density at radius 2 is 1.08 bits per heavy atom. The van der Waals surface area contributed by atoms with Gasteiger partial charge in [0.2, 0.25) is 0 Å². The van der Waals surface area contributed by atoms with E-state index in [1.54, 1.807) is 0 Å². The summed E-state index contributed by atoms with van der Waals surface area (Å²) in [7, 11) is -2.68. The maximum absolute atomic E-state index is 10.4. The van der Waals surface area contributed by atoms with Gasteiger partial charge in [-0.25, -0.2) is 8.42 Å². The molecule has 146 valence electrons. The molecule has 1 atom stereocenters. The standard InChI is InChI=1S/C20H42O3S/c1-3-5-6-7-8-9-10-11-12-13-14-15-16-17-18-20(4-2)19-23-24(21)22/h20,24H,3-19H2,1-2H3. The van der Waals surface area contributed by atoms with Crippen molar-refractivity contribution >= 4 is 11.0 Å². The van der Waals surface area contributed by atoms with Crippen molar-refractivity contribution in [1.29, 1.82) is 0 Å². The molecule has 0 aromatic rings. The second-order valence-electron chi connectivity index (χ2n) is 7.18. The van der Waals surface area contributed by atoms with Crippen LogP contribution in [0.15, 0.2) is 0 Å². The van der Waals surface area contributed by atoms with E-state index in [0.717, 1.165) is 12.8 Å². The maximum Gasteiger partial charge on any atom is 0.257 e. The summed E-state index contributed by atoms with van der Waals surface area (Å²) < 4.78 is 25.6. The van der Waals surface area contributed by atoms with E-state index in [4.69, 9.17) is 4.18 Å². The number of rotatable bonds is 19. The van der Waals surface area contributed by atoms with E-state index < -0.39 is 11.0 Å². The molecule has 0 saturated carbocycles. The summed E-state index contributed by atoms with van der Waals surface area (Å²) in [4.78, 5) is 0. The minimum absolute atomic E-state index is 0.369. The molecule has 0 aliphatic rings. The van der Waals surface area contributed by atoms with Crippen molar-refractivity contribution < 1.29 is 12.6 Å². The van der Waals surface area contributed by atoms with Crippen LogP contribution in [0.4, 0.5) is 0 Å². The molecule has 0 aliphatic carbocycles. The van der Waals surface area contributed by atoms with E-state index >= 15 is 0 Å². The number of thiol groups is 1. The van der Waals surface area contributed by atoms with Crippen molar-refractivity contribution in [1.82, 2.24) is 0 Å². The summed E-state index contributed by atoms with van der Waals surface area (Å²) in [6.07, 6.45) is 21.3. The third-order valence-electron chi connectivity index (χ3n) is 4.96. The lowest BCUT2D eigenvalue weighted by Crippen LogP contribution is -2.08. The van der Waals surface area contributed by atoms with E-state index in [1.165, 1.54) is 89.9 Å². The second-order valence-corrected chi connectivity index (χ2v) is 7.88. The van der Waals surface area contributed by atoms with Gasteiger partial charge in [0.1, 0.15) is 0 Å². The average Bonchev–Trinajstić information content (AvgIpc) is 2.57. The lowest BCUT2D eigenvalue weighted by atomic mass is 9.98. The number of hydrogen-bond acceptors (Lipinski definition) is 3. The molecule has 0 radical (unpaired) electrons. The van der Waals surface area contributed by atoms with Crippen molar-refractivity contribution in [3.63, 3.8) is 0 Å². The fourth-order valence-corrected chi connectivity index (χ4v) is 3.53. The predicted octanol–water partition coefficient (Wildman–Crippen LogP) is 6.43. The van der Waals surface area contributed by atoms with Gasteiger partial charge in [-0.15, -0.1) is 0 Å². The molecule has 0 spiro atoms. The van der Waals surface area contributed by atoms with Crippen LogP contribution >= 0.6 is 0 Å². The van der Waals surface area contributed by atoms with Crippen LogP contribution in [0.2, 0.25) is 0 Å². The smallest absolute Gasteiger partial charge is 0.257 e. The molecule has 0 saturated heterocycles. The van der Waals surface area contributed by atoms with Gasteiger partial charge < -0.3 is 0 Å². The molecule has 0 N–H and O–H groups in total. The quantitative estimate of drug-likeness (QED) is 0.213. The van der Waals surface area contributed by atoms with E-state index in [0.29, 0.717) is 12.5 Å². The van der Waals surface area contributed by atoms with Gasteiger partial charge in [0.05, 0.1) is 6.61 Å². The first-order valence-electron chi connectivity index (χ1n) is 10.5. The van der Waals surface area contributed by atoms with E-state index in [2.05, 4.69) is 13.8 Å². The zero-order valence-electron chi connectivity index (χ0n) is 16.3. The van der Waals surface area contributed by atoms with Gasteiger partial charge in [-0.1, -0.05) is 110 Å². The van der Waals surface area contributed by atoms with E-state index in [9.17, 15) is 8.42 Å². The van der Waals surface area contributed by atoms with Crippen molar-refractivity contribution in [2.45, 2.75) is 117 Å². The molecule has 0 aromatic carbocycles. The van der Waals surface area contributed by atoms with Gasteiger partial charge >= 0.3 is 0 Å². The average molecular weight is 363 g/mol. The minimum Gasteiger partial charge on any atom is -0.272 e. The number of hydrogen-bond donors (Lipinski definition) is 1. The summed E-state index contributed by atoms with van der Waals surface area (Å²) in [5.74, 6) is 0.398. The molecular formula is C20H42O3S. The molecule has 24 heavy (non-hydrogen) atoms. The van der Waals surface area contributed by atoms with Gasteiger partial charge in [0.25, 0.3) is 11.0 Å². The summed E-state index contributed by atoms with van der Waals surface area (Å²) >= 11 is 0. The summed E-state index contributed by atoms with van der Waals surface area (Å²) in [5.41, 5.74) is 0. The highest BCUT2D eigenvalue weighted by Crippen LogP contribution is 2.16. The zero-order valence-corrected chi connectivity index (χ0v) is 17.2. The first kappa shape index (κ1) is 23.9. The highest BCUT2D eigenvalue weighted by molar-refractivity contribution is 7.67. The van der Waals surface area contributed by atoms with Crippen LogP contribution < -0.4 is 0 Å². The second kappa shape index (κ2) is 19.2. The Morgan fingerprint density at radius 3 is 1.46 bits per heavy atom. The predicted molar refractivity (Wildman–Crippen MR) is 105 cm³/mol. The Labute approximate surface area is 153 Å². The van der Waals surface area contributed by atoms with E-state index in [1.807, 2.05) is 0 Å². The SMILES string of the molecule is CCCCCCCCCCCCCCCCC(CC)CO[SH](=O)=O. The molecule has 0 rings (SSSR count). The van der Waals surface area contributed by atoms with Gasteiger partial charge in [-0.05, 0) is 12.3 Å². The van der Waals surface area contributed by atoms with Crippen molar-refractivity contribution in [3.8, 4) is 0 Å². The largest absolute Gasteiger partial charge is 0.272 e. The van der Waals surface area contributed by atoms with Crippen LogP contribution in [0, 0.1) is 5.92 Å². The highest BCUT2D eigenvalue weighted by Gasteiger charge is 2.06. The Bertz CT molecular complexity index is 308. The summed E-state index contributed by atoms with van der Waals surface area (Å²) in [6, 6.07) is 0. The fourth-order valence-electron chi connectivity index (χ4n) is 3.20. The lowest BCUT2D eigenvalue weighted by molar-refractivity contribution is 0.246. The monoisotopic (exact) mass is 362 g/mol. The van der Waals surface area contributed by atoms with Crippen LogP contribution in [0.3, 0.4) is 0 Å². The first-order valence-corrected chi connectivity index (χ1v) is 11.6. The third-order valence-corrected chi connectivity index (χ3v) is 5.32. The molecule has 0 fully saturated rings. The molecular weight excluding hydrogens is 320 g/mol. The van der Waals surface area contributed by atoms with Crippen LogP contribution in [0.5, 0.6) is 0 Å². The molecule has 0 amide bonds. The molecule has 1 unspecified atom stereocenters. The van der Waals surface area contributed by atoms with Crippen LogP contribution in [-0.4, -0.2) is 15.0 Å². The van der Waals surface area contributed by atoms with Crippen molar-refractivity contribution in [2.75, 3.05) is 6.61 Å². The third kappa shape index (κ3) is 18.3. The lowest BCUT2D eigenvalue weighted by Gasteiger charge is -2.12. The fraction of sp³-hybridized carbons (Fsp3) is 1.00. The van der Waals surface area contributed by atoms with Gasteiger partial charge in [-0.2, -0.15) is 0 Å².